The predicted octanol–water partition coefficient (Wildman–Crippen LogP) is 3.90. The molecular formula is C20H20N2O2. The van der Waals surface area contributed by atoms with E-state index in [-0.39, 0.29) is 0 Å². The van der Waals surface area contributed by atoms with Gasteiger partial charge in [0.15, 0.2) is 0 Å². The Balaban J connectivity index is 1.27. The second kappa shape index (κ2) is 6.89. The van der Waals surface area contributed by atoms with Crippen LogP contribution in [-0.2, 0) is 13.2 Å². The molecule has 2 unspecified atom stereocenters. The number of aromatic nitrogens is 1. The fraction of sp³-hybridized carbons (Fsp3) is 0.250. The molecule has 2 aromatic carbocycles. The lowest BCUT2D eigenvalue weighted by atomic mass is 10.1. The normalized spacial score (nSPS) is 19.2. The Labute approximate surface area is 141 Å². The lowest BCUT2D eigenvalue weighted by Crippen LogP contribution is -2.17. The number of ether oxygens (including phenoxy) is 1. The second-order valence-electron chi connectivity index (χ2n) is 6.16. The SMILES string of the molecule is c1ccc(COc2ccc(C3CC3NCc3ccon3)cc2)cc1. The van der Waals surface area contributed by atoms with Gasteiger partial charge in [-0.25, -0.2) is 0 Å². The summed E-state index contributed by atoms with van der Waals surface area (Å²) in [5, 5.41) is 7.43. The molecule has 0 saturated heterocycles. The number of hydrogen-bond acceptors (Lipinski definition) is 4. The van der Waals surface area contributed by atoms with Crippen molar-refractivity contribution in [2.45, 2.75) is 31.5 Å². The Bertz CT molecular complexity index is 754. The summed E-state index contributed by atoms with van der Waals surface area (Å²) in [7, 11) is 0. The first-order chi connectivity index (χ1) is 11.9. The molecule has 0 amide bonds. The third-order valence-electron chi connectivity index (χ3n) is 4.38. The van der Waals surface area contributed by atoms with E-state index in [2.05, 4.69) is 46.9 Å². The summed E-state index contributed by atoms with van der Waals surface area (Å²) < 4.78 is 10.7. The van der Waals surface area contributed by atoms with Crippen molar-refractivity contribution in [2.24, 2.45) is 0 Å². The van der Waals surface area contributed by atoms with Crippen molar-refractivity contribution in [3.8, 4) is 5.75 Å². The van der Waals surface area contributed by atoms with E-state index in [1.807, 2.05) is 24.3 Å². The molecule has 1 aliphatic carbocycles. The molecule has 0 spiro atoms. The van der Waals surface area contributed by atoms with Gasteiger partial charge in [-0.05, 0) is 29.7 Å². The van der Waals surface area contributed by atoms with E-state index in [0.717, 1.165) is 18.0 Å². The number of hydrogen-bond donors (Lipinski definition) is 1. The monoisotopic (exact) mass is 320 g/mol. The predicted molar refractivity (Wildman–Crippen MR) is 91.7 cm³/mol. The van der Waals surface area contributed by atoms with E-state index >= 15 is 0 Å². The van der Waals surface area contributed by atoms with Crippen LogP contribution in [0.1, 0.15) is 29.2 Å². The summed E-state index contributed by atoms with van der Waals surface area (Å²) in [5.74, 6) is 1.50. The first-order valence-electron chi connectivity index (χ1n) is 8.28. The third-order valence-corrected chi connectivity index (χ3v) is 4.38. The van der Waals surface area contributed by atoms with Crippen molar-refractivity contribution in [3.05, 3.63) is 83.7 Å². The summed E-state index contributed by atoms with van der Waals surface area (Å²) in [6.45, 7) is 1.36. The highest BCUT2D eigenvalue weighted by atomic mass is 16.5. The van der Waals surface area contributed by atoms with E-state index in [1.165, 1.54) is 17.5 Å². The molecule has 122 valence electrons. The van der Waals surface area contributed by atoms with Crippen LogP contribution in [0.5, 0.6) is 5.75 Å². The third kappa shape index (κ3) is 3.66. The fourth-order valence-electron chi connectivity index (χ4n) is 2.91. The van der Waals surface area contributed by atoms with Gasteiger partial charge in [-0.1, -0.05) is 47.6 Å². The minimum Gasteiger partial charge on any atom is -0.489 e. The van der Waals surface area contributed by atoms with Gasteiger partial charge in [0, 0.05) is 24.6 Å². The van der Waals surface area contributed by atoms with E-state index in [0.29, 0.717) is 18.6 Å². The number of benzene rings is 2. The van der Waals surface area contributed by atoms with Gasteiger partial charge in [0.05, 0.1) is 5.69 Å². The van der Waals surface area contributed by atoms with Gasteiger partial charge in [-0.3, -0.25) is 0 Å². The van der Waals surface area contributed by atoms with Crippen LogP contribution < -0.4 is 10.1 Å². The van der Waals surface area contributed by atoms with Crippen LogP contribution in [0, 0.1) is 0 Å². The number of rotatable bonds is 7. The maximum atomic E-state index is 5.84. The van der Waals surface area contributed by atoms with Crippen molar-refractivity contribution in [1.82, 2.24) is 10.5 Å². The molecule has 1 aromatic heterocycles. The van der Waals surface area contributed by atoms with E-state index in [4.69, 9.17) is 9.26 Å². The largest absolute Gasteiger partial charge is 0.489 e. The molecule has 1 fully saturated rings. The molecule has 3 aromatic rings. The van der Waals surface area contributed by atoms with Crippen molar-refractivity contribution >= 4 is 0 Å². The van der Waals surface area contributed by atoms with Gasteiger partial charge in [-0.15, -0.1) is 0 Å². The Kier molecular flexibility index (Phi) is 4.30. The maximum absolute atomic E-state index is 5.84. The van der Waals surface area contributed by atoms with Gasteiger partial charge in [0.2, 0.25) is 0 Å². The van der Waals surface area contributed by atoms with Crippen molar-refractivity contribution < 1.29 is 9.26 Å². The van der Waals surface area contributed by atoms with Crippen molar-refractivity contribution in [2.75, 3.05) is 0 Å². The number of nitrogens with zero attached hydrogens (tertiary/aromatic N) is 1. The van der Waals surface area contributed by atoms with Crippen LogP contribution in [0.15, 0.2) is 71.4 Å². The summed E-state index contributed by atoms with van der Waals surface area (Å²) in [4.78, 5) is 0. The van der Waals surface area contributed by atoms with Gasteiger partial charge in [0.1, 0.15) is 18.6 Å². The van der Waals surface area contributed by atoms with E-state index in [1.54, 1.807) is 6.26 Å². The summed E-state index contributed by atoms with van der Waals surface area (Å²) in [6, 6.07) is 21.1. The Morgan fingerprint density at radius 3 is 2.62 bits per heavy atom. The maximum Gasteiger partial charge on any atom is 0.124 e. The van der Waals surface area contributed by atoms with Crippen molar-refractivity contribution in [1.29, 1.82) is 0 Å². The van der Waals surface area contributed by atoms with Crippen molar-refractivity contribution in [3.63, 3.8) is 0 Å². The summed E-state index contributed by atoms with van der Waals surface area (Å²) >= 11 is 0. The van der Waals surface area contributed by atoms with E-state index in [9.17, 15) is 0 Å². The highest BCUT2D eigenvalue weighted by Crippen LogP contribution is 2.41. The molecule has 0 aliphatic heterocycles. The topological polar surface area (TPSA) is 47.3 Å². The number of nitrogens with one attached hydrogen (secondary N) is 1. The molecule has 1 N–H and O–H groups in total. The van der Waals surface area contributed by atoms with Gasteiger partial charge in [0.25, 0.3) is 0 Å². The summed E-state index contributed by atoms with van der Waals surface area (Å²) in [6.07, 6.45) is 2.78. The molecular weight excluding hydrogens is 300 g/mol. The standard InChI is InChI=1S/C20H20N2O2/c1-2-4-15(5-3-1)14-23-18-8-6-16(7-9-18)19-12-20(19)21-13-17-10-11-24-22-17/h1-11,19-21H,12-14H2. The zero-order valence-electron chi connectivity index (χ0n) is 13.4. The average molecular weight is 320 g/mol. The Morgan fingerprint density at radius 2 is 1.88 bits per heavy atom. The average Bonchev–Trinajstić information content (AvgIpc) is 3.23. The quantitative estimate of drug-likeness (QED) is 0.717. The first kappa shape index (κ1) is 15.0. The van der Waals surface area contributed by atoms with E-state index < -0.39 is 0 Å². The molecule has 1 saturated carbocycles. The molecule has 1 heterocycles. The highest BCUT2D eigenvalue weighted by Gasteiger charge is 2.37. The van der Waals surface area contributed by atoms with Crippen LogP contribution in [0.4, 0.5) is 0 Å². The van der Waals surface area contributed by atoms with Crippen LogP contribution in [-0.4, -0.2) is 11.2 Å². The van der Waals surface area contributed by atoms with Gasteiger partial charge >= 0.3 is 0 Å². The van der Waals surface area contributed by atoms with Gasteiger partial charge < -0.3 is 14.6 Å². The minimum absolute atomic E-state index is 0.526. The summed E-state index contributed by atoms with van der Waals surface area (Å²) in [5.41, 5.74) is 3.49. The van der Waals surface area contributed by atoms with Crippen LogP contribution >= 0.6 is 0 Å². The van der Waals surface area contributed by atoms with Crippen LogP contribution in [0.2, 0.25) is 0 Å². The second-order valence-corrected chi connectivity index (χ2v) is 6.16. The molecule has 24 heavy (non-hydrogen) atoms. The van der Waals surface area contributed by atoms with Gasteiger partial charge in [-0.2, -0.15) is 0 Å². The zero-order valence-corrected chi connectivity index (χ0v) is 13.4. The zero-order chi connectivity index (χ0) is 16.2. The van der Waals surface area contributed by atoms with Crippen LogP contribution in [0.25, 0.3) is 0 Å². The lowest BCUT2D eigenvalue weighted by Gasteiger charge is -2.07. The molecule has 4 rings (SSSR count). The molecule has 4 heteroatoms. The van der Waals surface area contributed by atoms with Crippen LogP contribution in [0.3, 0.4) is 0 Å². The molecule has 1 aliphatic rings. The molecule has 4 nitrogen and oxygen atoms in total. The first-order valence-corrected chi connectivity index (χ1v) is 8.28. The molecule has 0 bridgehead atoms. The molecule has 2 atom stereocenters. The Morgan fingerprint density at radius 1 is 1.04 bits per heavy atom. The Hall–Kier alpha value is -2.59. The minimum atomic E-state index is 0.526. The highest BCUT2D eigenvalue weighted by molar-refractivity contribution is 5.34. The fourth-order valence-corrected chi connectivity index (χ4v) is 2.91. The lowest BCUT2D eigenvalue weighted by molar-refractivity contribution is 0.306. The smallest absolute Gasteiger partial charge is 0.124 e. The molecule has 0 radical (unpaired) electrons.